The smallest absolute Gasteiger partial charge is 0.147 e. The van der Waals surface area contributed by atoms with Gasteiger partial charge in [-0.15, -0.1) is 0 Å². The molecule has 1 aromatic rings. The Bertz CT molecular complexity index is 519. The Morgan fingerprint density at radius 1 is 1.10 bits per heavy atom. The minimum atomic E-state index is 0.404. The molecule has 5 rings (SSSR count). The lowest BCUT2D eigenvalue weighted by Gasteiger charge is -2.46. The van der Waals surface area contributed by atoms with Crippen LogP contribution in [0.2, 0.25) is 0 Å². The van der Waals surface area contributed by atoms with E-state index in [2.05, 4.69) is 29.0 Å². The highest BCUT2D eigenvalue weighted by atomic mass is 15.4. The summed E-state index contributed by atoms with van der Waals surface area (Å²) in [6.07, 6.45) is 0. The van der Waals surface area contributed by atoms with Gasteiger partial charge in [-0.25, -0.2) is 9.97 Å². The van der Waals surface area contributed by atoms with Crippen LogP contribution in [0.5, 0.6) is 0 Å². The first-order valence-corrected chi connectivity index (χ1v) is 7.79. The fourth-order valence-corrected chi connectivity index (χ4v) is 3.70. The van der Waals surface area contributed by atoms with Crippen molar-refractivity contribution in [1.29, 1.82) is 0 Å². The van der Waals surface area contributed by atoms with Gasteiger partial charge in [0.05, 0.1) is 17.4 Å². The van der Waals surface area contributed by atoms with Crippen LogP contribution in [0.15, 0.2) is 0 Å². The van der Waals surface area contributed by atoms with Crippen molar-refractivity contribution in [2.24, 2.45) is 0 Å². The third-order valence-electron chi connectivity index (χ3n) is 4.86. The van der Waals surface area contributed by atoms with Gasteiger partial charge in [0, 0.05) is 51.4 Å². The summed E-state index contributed by atoms with van der Waals surface area (Å²) >= 11 is 0. The first-order chi connectivity index (χ1) is 9.72. The fraction of sp³-hybridized carbons (Fsp3) is 0.733. The molecule has 0 radical (unpaired) electrons. The Labute approximate surface area is 120 Å². The second-order valence-corrected chi connectivity index (χ2v) is 6.50. The van der Waals surface area contributed by atoms with Crippen LogP contribution in [0.25, 0.3) is 0 Å². The van der Waals surface area contributed by atoms with E-state index >= 15 is 0 Å². The number of nitrogens with zero attached hydrogens (tertiary/aromatic N) is 4. The largest absolute Gasteiger partial charge is 0.307 e. The molecule has 0 aromatic carbocycles. The van der Waals surface area contributed by atoms with E-state index in [9.17, 15) is 0 Å². The van der Waals surface area contributed by atoms with Crippen molar-refractivity contribution in [3.8, 4) is 0 Å². The quantitative estimate of drug-likeness (QED) is 0.866. The van der Waals surface area contributed by atoms with Crippen molar-refractivity contribution in [2.45, 2.75) is 38.9 Å². The van der Waals surface area contributed by atoms with Crippen LogP contribution in [0, 0.1) is 0 Å². The lowest BCUT2D eigenvalue weighted by Crippen LogP contribution is -2.57. The number of hydrogen-bond acceptors (Lipinski definition) is 5. The second-order valence-electron chi connectivity index (χ2n) is 6.50. The molecule has 2 bridgehead atoms. The number of aromatic nitrogens is 2. The molecule has 0 aliphatic carbocycles. The van der Waals surface area contributed by atoms with Gasteiger partial charge < -0.3 is 5.32 Å². The molecule has 0 spiro atoms. The fourth-order valence-electron chi connectivity index (χ4n) is 3.70. The molecule has 3 fully saturated rings. The maximum absolute atomic E-state index is 4.97. The van der Waals surface area contributed by atoms with Gasteiger partial charge in [-0.2, -0.15) is 0 Å². The van der Waals surface area contributed by atoms with Gasteiger partial charge in [-0.1, -0.05) is 13.8 Å². The van der Waals surface area contributed by atoms with E-state index in [1.165, 1.54) is 43.1 Å². The molecule has 20 heavy (non-hydrogen) atoms. The van der Waals surface area contributed by atoms with Crippen LogP contribution in [-0.2, 0) is 13.1 Å². The predicted octanol–water partition coefficient (Wildman–Crippen LogP) is 0.875. The minimum Gasteiger partial charge on any atom is -0.307 e. The number of rotatable bonds is 2. The number of nitrogens with one attached hydrogen (secondary N) is 1. The first-order valence-electron chi connectivity index (χ1n) is 7.79. The summed E-state index contributed by atoms with van der Waals surface area (Å²) in [6.45, 7) is 12.2. The Morgan fingerprint density at radius 2 is 1.90 bits per heavy atom. The lowest BCUT2D eigenvalue weighted by atomic mass is 10.0. The SMILES string of the molecule is CC(C)c1nc(C2CN3CCN2CC3)nc2c1CNC2. The average molecular weight is 273 g/mol. The zero-order valence-corrected chi connectivity index (χ0v) is 12.4. The molecular weight excluding hydrogens is 250 g/mol. The Balaban J connectivity index is 1.73. The van der Waals surface area contributed by atoms with Gasteiger partial charge in [0.1, 0.15) is 5.82 Å². The standard InChI is InChI=1S/C15H23N5/c1-10(2)14-11-7-16-8-12(11)17-15(18-14)13-9-19-3-5-20(13)6-4-19/h10,13,16H,3-9H2,1-2H3. The molecule has 108 valence electrons. The number of fused-ring (bicyclic) bond motifs is 4. The van der Waals surface area contributed by atoms with Crippen LogP contribution in [0.1, 0.15) is 48.6 Å². The maximum Gasteiger partial charge on any atom is 0.147 e. The summed E-state index contributed by atoms with van der Waals surface area (Å²) < 4.78 is 0. The van der Waals surface area contributed by atoms with Crippen molar-refractivity contribution < 1.29 is 0 Å². The van der Waals surface area contributed by atoms with Crippen LogP contribution in [-0.4, -0.2) is 52.5 Å². The highest BCUT2D eigenvalue weighted by Crippen LogP contribution is 2.30. The highest BCUT2D eigenvalue weighted by molar-refractivity contribution is 5.32. The maximum atomic E-state index is 4.97. The van der Waals surface area contributed by atoms with E-state index in [1.807, 2.05) is 0 Å². The highest BCUT2D eigenvalue weighted by Gasteiger charge is 2.35. The van der Waals surface area contributed by atoms with Gasteiger partial charge in [0.15, 0.2) is 0 Å². The van der Waals surface area contributed by atoms with Crippen LogP contribution in [0.3, 0.4) is 0 Å². The molecule has 1 atom stereocenters. The molecule has 1 N–H and O–H groups in total. The third kappa shape index (κ3) is 1.96. The molecule has 5 heterocycles. The van der Waals surface area contributed by atoms with E-state index in [0.29, 0.717) is 12.0 Å². The molecule has 4 aliphatic heterocycles. The van der Waals surface area contributed by atoms with Gasteiger partial charge in [-0.3, -0.25) is 9.80 Å². The van der Waals surface area contributed by atoms with Crippen molar-refractivity contribution >= 4 is 0 Å². The number of hydrogen-bond donors (Lipinski definition) is 1. The molecule has 1 unspecified atom stereocenters. The van der Waals surface area contributed by atoms with Crippen molar-refractivity contribution in [3.63, 3.8) is 0 Å². The summed E-state index contributed by atoms with van der Waals surface area (Å²) in [4.78, 5) is 15.0. The Kier molecular flexibility index (Phi) is 3.02. The summed E-state index contributed by atoms with van der Waals surface area (Å²) in [6, 6.07) is 0.404. The van der Waals surface area contributed by atoms with Gasteiger partial charge in [0.2, 0.25) is 0 Å². The van der Waals surface area contributed by atoms with Crippen LogP contribution in [0.4, 0.5) is 0 Å². The van der Waals surface area contributed by atoms with Crippen molar-refractivity contribution in [3.05, 3.63) is 22.8 Å². The van der Waals surface area contributed by atoms with Gasteiger partial charge in [0.25, 0.3) is 0 Å². The molecule has 5 heteroatoms. The normalized spacial score (nSPS) is 31.9. The average Bonchev–Trinajstić information content (AvgIpc) is 2.95. The molecule has 5 nitrogen and oxygen atoms in total. The zero-order chi connectivity index (χ0) is 13.7. The van der Waals surface area contributed by atoms with Crippen molar-refractivity contribution in [2.75, 3.05) is 32.7 Å². The van der Waals surface area contributed by atoms with Crippen LogP contribution < -0.4 is 5.32 Å². The molecule has 4 aliphatic rings. The summed E-state index contributed by atoms with van der Waals surface area (Å²) in [7, 11) is 0. The zero-order valence-electron chi connectivity index (χ0n) is 12.4. The molecule has 0 saturated carbocycles. The summed E-state index contributed by atoms with van der Waals surface area (Å²) in [5, 5.41) is 3.42. The van der Waals surface area contributed by atoms with E-state index < -0.39 is 0 Å². The van der Waals surface area contributed by atoms with E-state index in [-0.39, 0.29) is 0 Å². The van der Waals surface area contributed by atoms with Gasteiger partial charge in [-0.05, 0) is 5.92 Å². The third-order valence-corrected chi connectivity index (χ3v) is 4.86. The molecular formula is C15H23N5. The first kappa shape index (κ1) is 12.7. The topological polar surface area (TPSA) is 44.3 Å². The lowest BCUT2D eigenvalue weighted by molar-refractivity contribution is 0.00845. The van der Waals surface area contributed by atoms with E-state index in [4.69, 9.17) is 9.97 Å². The summed E-state index contributed by atoms with van der Waals surface area (Å²) in [5.41, 5.74) is 3.84. The Morgan fingerprint density at radius 3 is 2.55 bits per heavy atom. The minimum absolute atomic E-state index is 0.404. The number of piperazine rings is 3. The van der Waals surface area contributed by atoms with Gasteiger partial charge >= 0.3 is 0 Å². The molecule has 3 saturated heterocycles. The van der Waals surface area contributed by atoms with E-state index in [1.54, 1.807) is 0 Å². The molecule has 0 amide bonds. The van der Waals surface area contributed by atoms with E-state index in [0.717, 1.165) is 25.5 Å². The monoisotopic (exact) mass is 273 g/mol. The predicted molar refractivity (Wildman–Crippen MR) is 77.4 cm³/mol. The second kappa shape index (κ2) is 4.76. The summed E-state index contributed by atoms with van der Waals surface area (Å²) in [5.74, 6) is 1.53. The van der Waals surface area contributed by atoms with Crippen LogP contribution >= 0.6 is 0 Å². The Hall–Kier alpha value is -1.04. The van der Waals surface area contributed by atoms with Crippen molar-refractivity contribution in [1.82, 2.24) is 25.1 Å². The molecule has 1 aromatic heterocycles.